The Bertz CT molecular complexity index is 896. The normalized spacial score (nSPS) is 21.5. The average Bonchev–Trinajstić information content (AvgIpc) is 2.91. The summed E-state index contributed by atoms with van der Waals surface area (Å²) in [5.74, 6) is -0.719. The van der Waals surface area contributed by atoms with Crippen LogP contribution in [0.1, 0.15) is 36.8 Å². The van der Waals surface area contributed by atoms with Gasteiger partial charge in [-0.3, -0.25) is 14.5 Å². The molecule has 1 aliphatic heterocycles. The number of carbonyl (C=O) groups excluding carboxylic acids is 2. The van der Waals surface area contributed by atoms with Crippen LogP contribution >= 0.6 is 0 Å². The van der Waals surface area contributed by atoms with Gasteiger partial charge in [0.05, 0.1) is 14.2 Å². The molecule has 1 N–H and O–H groups in total. The number of amides is 2. The first kappa shape index (κ1) is 20.9. The standard InChI is InChI=1S/C23H27NO5/c1-4-5-12-24-21(25)20(17-9-7-11-19(14-17)29-3)23(27,22(24)26)15-16-8-6-10-18(13-16)28-2/h6-11,13-14,20,27H,4-5,12,15H2,1-3H3/t20-,23-/m0/s1. The minimum Gasteiger partial charge on any atom is -0.497 e. The number of nitrogens with zero attached hydrogens (tertiary/aromatic N) is 1. The largest absolute Gasteiger partial charge is 0.497 e. The van der Waals surface area contributed by atoms with E-state index >= 15 is 0 Å². The molecule has 2 aromatic rings. The van der Waals surface area contributed by atoms with Gasteiger partial charge in [0.2, 0.25) is 5.91 Å². The second-order valence-electron chi connectivity index (χ2n) is 7.31. The van der Waals surface area contributed by atoms with Crippen LogP contribution in [0.5, 0.6) is 11.5 Å². The summed E-state index contributed by atoms with van der Waals surface area (Å²) < 4.78 is 10.5. The Morgan fingerprint density at radius 1 is 1.03 bits per heavy atom. The van der Waals surface area contributed by atoms with Gasteiger partial charge in [-0.05, 0) is 41.8 Å². The third kappa shape index (κ3) is 3.98. The molecule has 0 spiro atoms. The van der Waals surface area contributed by atoms with E-state index in [1.807, 2.05) is 13.0 Å². The highest BCUT2D eigenvalue weighted by atomic mass is 16.5. The van der Waals surface area contributed by atoms with Crippen LogP contribution in [0.3, 0.4) is 0 Å². The Balaban J connectivity index is 2.05. The molecule has 0 aromatic heterocycles. The van der Waals surface area contributed by atoms with Crippen molar-refractivity contribution >= 4 is 11.8 Å². The fourth-order valence-corrected chi connectivity index (χ4v) is 3.86. The zero-order chi connectivity index (χ0) is 21.0. The van der Waals surface area contributed by atoms with Gasteiger partial charge in [-0.25, -0.2) is 0 Å². The van der Waals surface area contributed by atoms with E-state index in [1.165, 1.54) is 12.0 Å². The third-order valence-corrected chi connectivity index (χ3v) is 5.38. The average molecular weight is 397 g/mol. The lowest BCUT2D eigenvalue weighted by Gasteiger charge is -2.26. The summed E-state index contributed by atoms with van der Waals surface area (Å²) >= 11 is 0. The van der Waals surface area contributed by atoms with Gasteiger partial charge >= 0.3 is 0 Å². The fourth-order valence-electron chi connectivity index (χ4n) is 3.86. The smallest absolute Gasteiger partial charge is 0.262 e. The number of hydrogen-bond donors (Lipinski definition) is 1. The number of aliphatic hydroxyl groups is 1. The quantitative estimate of drug-likeness (QED) is 0.693. The molecule has 2 amide bonds. The molecule has 0 aliphatic carbocycles. The second-order valence-corrected chi connectivity index (χ2v) is 7.31. The Morgan fingerprint density at radius 3 is 2.34 bits per heavy atom. The van der Waals surface area contributed by atoms with Crippen molar-refractivity contribution in [2.75, 3.05) is 20.8 Å². The van der Waals surface area contributed by atoms with E-state index in [2.05, 4.69) is 0 Å². The monoisotopic (exact) mass is 397 g/mol. The Morgan fingerprint density at radius 2 is 1.69 bits per heavy atom. The number of methoxy groups -OCH3 is 2. The van der Waals surface area contributed by atoms with Crippen LogP contribution in [0.4, 0.5) is 0 Å². The van der Waals surface area contributed by atoms with Crippen molar-refractivity contribution < 1.29 is 24.2 Å². The summed E-state index contributed by atoms with van der Waals surface area (Å²) in [6.07, 6.45) is 1.55. The fraction of sp³-hybridized carbons (Fsp3) is 0.391. The first-order chi connectivity index (χ1) is 13.9. The van der Waals surface area contributed by atoms with E-state index in [-0.39, 0.29) is 12.3 Å². The van der Waals surface area contributed by atoms with Crippen molar-refractivity contribution in [1.29, 1.82) is 0 Å². The van der Waals surface area contributed by atoms with Gasteiger partial charge in [0.1, 0.15) is 17.4 Å². The number of unbranched alkanes of at least 4 members (excludes halogenated alkanes) is 1. The molecule has 6 heteroatoms. The molecule has 154 valence electrons. The van der Waals surface area contributed by atoms with Crippen molar-refractivity contribution in [1.82, 2.24) is 4.90 Å². The van der Waals surface area contributed by atoms with Crippen molar-refractivity contribution in [3.8, 4) is 11.5 Å². The number of rotatable bonds is 8. The predicted molar refractivity (Wildman–Crippen MR) is 109 cm³/mol. The number of likely N-dealkylation sites (tertiary alicyclic amines) is 1. The van der Waals surface area contributed by atoms with E-state index in [9.17, 15) is 14.7 Å². The molecule has 0 radical (unpaired) electrons. The van der Waals surface area contributed by atoms with Crippen LogP contribution in [0.15, 0.2) is 48.5 Å². The zero-order valence-corrected chi connectivity index (χ0v) is 17.1. The van der Waals surface area contributed by atoms with Crippen molar-refractivity contribution in [3.05, 3.63) is 59.7 Å². The molecular weight excluding hydrogens is 370 g/mol. The molecule has 0 bridgehead atoms. The molecule has 6 nitrogen and oxygen atoms in total. The number of hydrogen-bond acceptors (Lipinski definition) is 5. The SMILES string of the molecule is CCCCN1C(=O)[C@H](c2cccc(OC)c2)[C@@](O)(Cc2cccc(OC)c2)C1=O. The van der Waals surface area contributed by atoms with E-state index in [4.69, 9.17) is 9.47 Å². The summed E-state index contributed by atoms with van der Waals surface area (Å²) in [6, 6.07) is 14.2. The summed E-state index contributed by atoms with van der Waals surface area (Å²) in [5.41, 5.74) is -0.589. The first-order valence-corrected chi connectivity index (χ1v) is 9.79. The molecule has 1 fully saturated rings. The lowest BCUT2D eigenvalue weighted by Crippen LogP contribution is -2.44. The van der Waals surface area contributed by atoms with Crippen LogP contribution in [-0.4, -0.2) is 48.2 Å². The van der Waals surface area contributed by atoms with E-state index in [0.717, 1.165) is 12.0 Å². The number of benzene rings is 2. The molecule has 29 heavy (non-hydrogen) atoms. The van der Waals surface area contributed by atoms with Gasteiger partial charge in [0.15, 0.2) is 5.60 Å². The molecule has 0 unspecified atom stereocenters. The molecule has 3 rings (SSSR count). The first-order valence-electron chi connectivity index (χ1n) is 9.79. The number of ether oxygens (including phenoxy) is 2. The summed E-state index contributed by atoms with van der Waals surface area (Å²) in [7, 11) is 3.10. The van der Waals surface area contributed by atoms with Gasteiger partial charge in [-0.1, -0.05) is 37.6 Å². The lowest BCUT2D eigenvalue weighted by molar-refractivity contribution is -0.145. The summed E-state index contributed by atoms with van der Waals surface area (Å²) in [4.78, 5) is 27.7. The minimum absolute atomic E-state index is 0.0132. The van der Waals surface area contributed by atoms with Crippen LogP contribution in [0.25, 0.3) is 0 Å². The minimum atomic E-state index is -1.87. The van der Waals surface area contributed by atoms with Crippen LogP contribution in [-0.2, 0) is 16.0 Å². The van der Waals surface area contributed by atoms with Crippen LogP contribution in [0, 0.1) is 0 Å². The van der Waals surface area contributed by atoms with Gasteiger partial charge in [0, 0.05) is 13.0 Å². The number of imide groups is 1. The molecule has 2 aromatic carbocycles. The maximum Gasteiger partial charge on any atom is 0.262 e. The third-order valence-electron chi connectivity index (χ3n) is 5.38. The van der Waals surface area contributed by atoms with Gasteiger partial charge in [0.25, 0.3) is 5.91 Å². The summed E-state index contributed by atoms with van der Waals surface area (Å²) in [6.45, 7) is 2.29. The van der Waals surface area contributed by atoms with Gasteiger partial charge in [-0.2, -0.15) is 0 Å². The Kier molecular flexibility index (Phi) is 6.23. The zero-order valence-electron chi connectivity index (χ0n) is 17.1. The highest BCUT2D eigenvalue weighted by Gasteiger charge is 2.58. The topological polar surface area (TPSA) is 76.1 Å². The summed E-state index contributed by atoms with van der Waals surface area (Å²) in [5, 5.41) is 11.6. The molecule has 2 atom stereocenters. The van der Waals surface area contributed by atoms with Gasteiger partial charge < -0.3 is 14.6 Å². The predicted octanol–water partition coefficient (Wildman–Crippen LogP) is 2.93. The van der Waals surface area contributed by atoms with Crippen molar-refractivity contribution in [3.63, 3.8) is 0 Å². The van der Waals surface area contributed by atoms with Gasteiger partial charge in [-0.15, -0.1) is 0 Å². The van der Waals surface area contributed by atoms with E-state index in [1.54, 1.807) is 49.6 Å². The molecule has 1 saturated heterocycles. The Hall–Kier alpha value is -2.86. The van der Waals surface area contributed by atoms with E-state index in [0.29, 0.717) is 30.0 Å². The molecular formula is C23H27NO5. The van der Waals surface area contributed by atoms with Crippen LogP contribution in [0.2, 0.25) is 0 Å². The molecule has 0 saturated carbocycles. The maximum atomic E-state index is 13.2. The highest BCUT2D eigenvalue weighted by molar-refractivity contribution is 6.11. The lowest BCUT2D eigenvalue weighted by atomic mass is 9.80. The van der Waals surface area contributed by atoms with Crippen LogP contribution < -0.4 is 9.47 Å². The highest BCUT2D eigenvalue weighted by Crippen LogP contribution is 2.41. The van der Waals surface area contributed by atoms with Crippen molar-refractivity contribution in [2.45, 2.75) is 37.7 Å². The maximum absolute atomic E-state index is 13.2. The number of carbonyl (C=O) groups is 2. The van der Waals surface area contributed by atoms with Crippen molar-refractivity contribution in [2.24, 2.45) is 0 Å². The second kappa shape index (κ2) is 8.66. The molecule has 1 heterocycles. The Labute approximate surface area is 171 Å². The van der Waals surface area contributed by atoms with E-state index < -0.39 is 17.4 Å². The molecule has 1 aliphatic rings.